The number of carbonyl (C=O) groups is 1. The molecule has 3 aromatic heterocycles. The molecule has 94 valence electrons. The van der Waals surface area contributed by atoms with E-state index >= 15 is 0 Å². The van der Waals surface area contributed by atoms with E-state index in [1.165, 1.54) is 16.8 Å². The van der Waals surface area contributed by atoms with Gasteiger partial charge >= 0.3 is 0 Å². The standard InChI is InChI=1S/C12H9N5O2/c18-11(15-9-4-5-14-16-9)8-7-13-10-3-1-2-6-17(10)12(8)19/h1-7H,(H2,14,15,16,18). The van der Waals surface area contributed by atoms with Crippen molar-refractivity contribution in [2.45, 2.75) is 0 Å². The largest absolute Gasteiger partial charge is 0.307 e. The summed E-state index contributed by atoms with van der Waals surface area (Å²) < 4.78 is 1.32. The van der Waals surface area contributed by atoms with Crippen molar-refractivity contribution in [3.63, 3.8) is 0 Å². The van der Waals surface area contributed by atoms with Crippen molar-refractivity contribution in [1.29, 1.82) is 0 Å². The molecular weight excluding hydrogens is 246 g/mol. The maximum atomic E-state index is 12.1. The number of H-pyrrole nitrogens is 1. The summed E-state index contributed by atoms with van der Waals surface area (Å²) in [5.74, 6) is -0.109. The minimum absolute atomic E-state index is 0.0294. The lowest BCUT2D eigenvalue weighted by Gasteiger charge is -2.03. The summed E-state index contributed by atoms with van der Waals surface area (Å²) in [6.07, 6.45) is 4.34. The van der Waals surface area contributed by atoms with E-state index in [4.69, 9.17) is 0 Å². The molecule has 0 saturated carbocycles. The smallest absolute Gasteiger partial charge is 0.270 e. The Morgan fingerprint density at radius 2 is 2.21 bits per heavy atom. The van der Waals surface area contributed by atoms with Crippen LogP contribution in [0, 0.1) is 0 Å². The van der Waals surface area contributed by atoms with Gasteiger partial charge in [-0.15, -0.1) is 0 Å². The van der Waals surface area contributed by atoms with E-state index in [0.717, 1.165) is 0 Å². The van der Waals surface area contributed by atoms with Crippen LogP contribution in [0.15, 0.2) is 47.7 Å². The van der Waals surface area contributed by atoms with Crippen molar-refractivity contribution in [2.24, 2.45) is 0 Å². The molecule has 0 aliphatic carbocycles. The van der Waals surface area contributed by atoms with Crippen molar-refractivity contribution in [3.8, 4) is 0 Å². The van der Waals surface area contributed by atoms with Crippen LogP contribution in [0.2, 0.25) is 0 Å². The second kappa shape index (κ2) is 4.37. The number of amides is 1. The average molecular weight is 255 g/mol. The number of nitrogens with zero attached hydrogens (tertiary/aromatic N) is 3. The lowest BCUT2D eigenvalue weighted by molar-refractivity contribution is 0.102. The molecule has 0 aliphatic heterocycles. The molecule has 0 bridgehead atoms. The minimum atomic E-state index is -0.528. The predicted octanol–water partition coefficient (Wildman–Crippen LogP) is 0.670. The van der Waals surface area contributed by atoms with Gasteiger partial charge in [-0.2, -0.15) is 5.10 Å². The van der Waals surface area contributed by atoms with Crippen LogP contribution in [0.1, 0.15) is 10.4 Å². The molecule has 19 heavy (non-hydrogen) atoms. The number of hydrogen-bond donors (Lipinski definition) is 2. The van der Waals surface area contributed by atoms with Crippen LogP contribution in [-0.2, 0) is 0 Å². The first-order chi connectivity index (χ1) is 9.25. The zero-order valence-corrected chi connectivity index (χ0v) is 9.70. The quantitative estimate of drug-likeness (QED) is 0.704. The fourth-order valence-electron chi connectivity index (χ4n) is 1.70. The molecule has 2 N–H and O–H groups in total. The van der Waals surface area contributed by atoms with Crippen molar-refractivity contribution in [2.75, 3.05) is 5.32 Å². The molecule has 3 rings (SSSR count). The summed E-state index contributed by atoms with van der Waals surface area (Å²) in [4.78, 5) is 28.2. The van der Waals surface area contributed by atoms with Crippen molar-refractivity contribution >= 4 is 17.4 Å². The first-order valence-corrected chi connectivity index (χ1v) is 5.53. The molecule has 7 nitrogen and oxygen atoms in total. The molecule has 3 heterocycles. The Bertz CT molecular complexity index is 791. The maximum absolute atomic E-state index is 12.1. The minimum Gasteiger partial charge on any atom is -0.307 e. The molecule has 0 radical (unpaired) electrons. The summed E-state index contributed by atoms with van der Waals surface area (Å²) in [6.45, 7) is 0. The van der Waals surface area contributed by atoms with E-state index in [-0.39, 0.29) is 5.56 Å². The van der Waals surface area contributed by atoms with E-state index < -0.39 is 11.5 Å². The Kier molecular flexibility index (Phi) is 2.57. The molecule has 0 spiro atoms. The number of fused-ring (bicyclic) bond motifs is 1. The maximum Gasteiger partial charge on any atom is 0.270 e. The third-order valence-electron chi connectivity index (χ3n) is 2.61. The number of anilines is 1. The summed E-state index contributed by atoms with van der Waals surface area (Å²) >= 11 is 0. The van der Waals surface area contributed by atoms with Gasteiger partial charge in [-0.3, -0.25) is 19.1 Å². The Hall–Kier alpha value is -2.96. The van der Waals surface area contributed by atoms with E-state index in [1.54, 1.807) is 30.5 Å². The zero-order chi connectivity index (χ0) is 13.2. The summed E-state index contributed by atoms with van der Waals surface area (Å²) in [5.41, 5.74) is 0.0477. The molecule has 0 atom stereocenters. The Labute approximate surface area is 106 Å². The molecule has 0 fully saturated rings. The molecule has 0 aliphatic rings. The van der Waals surface area contributed by atoms with Gasteiger partial charge < -0.3 is 5.32 Å². The van der Waals surface area contributed by atoms with Gasteiger partial charge in [-0.25, -0.2) is 4.98 Å². The first-order valence-electron chi connectivity index (χ1n) is 5.53. The topological polar surface area (TPSA) is 92.2 Å². The molecule has 7 heteroatoms. The fourth-order valence-corrected chi connectivity index (χ4v) is 1.70. The fraction of sp³-hybridized carbons (Fsp3) is 0. The van der Waals surface area contributed by atoms with Gasteiger partial charge in [0.25, 0.3) is 11.5 Å². The predicted molar refractivity (Wildman–Crippen MR) is 68.0 cm³/mol. The summed E-state index contributed by atoms with van der Waals surface area (Å²) in [6, 6.07) is 6.75. The highest BCUT2D eigenvalue weighted by Gasteiger charge is 2.13. The van der Waals surface area contributed by atoms with Gasteiger partial charge in [0.1, 0.15) is 17.0 Å². The van der Waals surface area contributed by atoms with E-state index in [9.17, 15) is 9.59 Å². The van der Waals surface area contributed by atoms with Crippen molar-refractivity contribution < 1.29 is 4.79 Å². The highest BCUT2D eigenvalue weighted by atomic mass is 16.2. The molecule has 1 amide bonds. The van der Waals surface area contributed by atoms with Gasteiger partial charge in [0.15, 0.2) is 0 Å². The van der Waals surface area contributed by atoms with Crippen LogP contribution in [0.3, 0.4) is 0 Å². The van der Waals surface area contributed by atoms with Crippen molar-refractivity contribution in [1.82, 2.24) is 19.6 Å². The molecule has 0 saturated heterocycles. The van der Waals surface area contributed by atoms with E-state index in [2.05, 4.69) is 20.5 Å². The highest BCUT2D eigenvalue weighted by Crippen LogP contribution is 2.02. The number of aromatic amines is 1. The Morgan fingerprint density at radius 3 is 3.00 bits per heavy atom. The molecular formula is C12H9N5O2. The Morgan fingerprint density at radius 1 is 1.32 bits per heavy atom. The van der Waals surface area contributed by atoms with Crippen LogP contribution < -0.4 is 10.9 Å². The van der Waals surface area contributed by atoms with E-state index in [0.29, 0.717) is 11.5 Å². The zero-order valence-electron chi connectivity index (χ0n) is 9.70. The third-order valence-corrected chi connectivity index (χ3v) is 2.61. The van der Waals surface area contributed by atoms with Crippen LogP contribution in [0.4, 0.5) is 5.82 Å². The number of carbonyl (C=O) groups excluding carboxylic acids is 1. The third kappa shape index (κ3) is 1.97. The van der Waals surface area contributed by atoms with Crippen LogP contribution in [-0.4, -0.2) is 25.5 Å². The van der Waals surface area contributed by atoms with Crippen LogP contribution in [0.25, 0.3) is 5.65 Å². The summed E-state index contributed by atoms with van der Waals surface area (Å²) in [5, 5.41) is 8.82. The summed E-state index contributed by atoms with van der Waals surface area (Å²) in [7, 11) is 0. The normalized spacial score (nSPS) is 10.5. The number of rotatable bonds is 2. The van der Waals surface area contributed by atoms with Gasteiger partial charge in [-0.1, -0.05) is 6.07 Å². The van der Waals surface area contributed by atoms with Crippen LogP contribution >= 0.6 is 0 Å². The molecule has 3 aromatic rings. The lowest BCUT2D eigenvalue weighted by Crippen LogP contribution is -2.26. The van der Waals surface area contributed by atoms with Crippen LogP contribution in [0.5, 0.6) is 0 Å². The average Bonchev–Trinajstić information content (AvgIpc) is 2.92. The lowest BCUT2D eigenvalue weighted by atomic mass is 10.3. The van der Waals surface area contributed by atoms with Gasteiger partial charge in [-0.05, 0) is 12.1 Å². The number of aromatic nitrogens is 4. The van der Waals surface area contributed by atoms with Crippen molar-refractivity contribution in [3.05, 3.63) is 58.8 Å². The molecule has 0 unspecified atom stereocenters. The number of nitrogens with one attached hydrogen (secondary N) is 2. The highest BCUT2D eigenvalue weighted by molar-refractivity contribution is 6.03. The SMILES string of the molecule is O=C(Nc1ccn[nH]1)c1cnc2ccccn2c1=O. The van der Waals surface area contributed by atoms with Gasteiger partial charge in [0.05, 0.1) is 6.20 Å². The second-order valence-corrected chi connectivity index (χ2v) is 3.83. The van der Waals surface area contributed by atoms with Gasteiger partial charge in [0.2, 0.25) is 0 Å². The first kappa shape index (κ1) is 11.1. The monoisotopic (exact) mass is 255 g/mol. The number of hydrogen-bond acceptors (Lipinski definition) is 4. The number of pyridine rings is 1. The van der Waals surface area contributed by atoms with E-state index in [1.807, 2.05) is 0 Å². The van der Waals surface area contributed by atoms with Gasteiger partial charge in [0, 0.05) is 18.5 Å². The second-order valence-electron chi connectivity index (χ2n) is 3.83. The Balaban J connectivity index is 2.03. The molecule has 0 aromatic carbocycles.